The molecule has 34 heavy (non-hydrogen) atoms. The minimum atomic E-state index is 0.0872. The zero-order chi connectivity index (χ0) is 23.7. The van der Waals surface area contributed by atoms with Crippen LogP contribution in [0.4, 0.5) is 0 Å². The van der Waals surface area contributed by atoms with Crippen LogP contribution < -0.4 is 0 Å². The van der Waals surface area contributed by atoms with Gasteiger partial charge in [0.2, 0.25) is 11.8 Å². The monoisotopic (exact) mass is 479 g/mol. The Labute approximate surface area is 207 Å². The van der Waals surface area contributed by atoms with Crippen molar-refractivity contribution in [3.05, 3.63) is 57.3 Å². The molecule has 1 saturated heterocycles. The van der Waals surface area contributed by atoms with Crippen LogP contribution in [0.3, 0.4) is 0 Å². The van der Waals surface area contributed by atoms with E-state index in [2.05, 4.69) is 59.4 Å². The number of carbonyl (C=O) groups excluding carboxylic acids is 2. The standard InChI is InChI=1S/C28H37N3O2S/c1-20-8-6-7-11-23(20)27-24-13-17-34-25(24)12-14-30(27)19-26(32)29-15-16-31(21(2)18-29)28(33)22-9-4-3-5-10-22/h6-8,11,13,17,21-22,27H,3-5,9-10,12,14-16,18-19H2,1-2H3/t21-,27-/m1/s1. The van der Waals surface area contributed by atoms with Crippen LogP contribution in [0.1, 0.15) is 66.6 Å². The average molecular weight is 480 g/mol. The number of carbonyl (C=O) groups is 2. The van der Waals surface area contributed by atoms with Gasteiger partial charge in [0.1, 0.15) is 0 Å². The van der Waals surface area contributed by atoms with Gasteiger partial charge in [0.05, 0.1) is 12.6 Å². The van der Waals surface area contributed by atoms with Crippen LogP contribution in [-0.2, 0) is 16.0 Å². The average Bonchev–Trinajstić information content (AvgIpc) is 3.33. The molecule has 3 aliphatic rings. The van der Waals surface area contributed by atoms with Gasteiger partial charge in [-0.3, -0.25) is 14.5 Å². The van der Waals surface area contributed by atoms with Crippen molar-refractivity contribution in [1.82, 2.24) is 14.7 Å². The molecule has 2 aromatic rings. The minimum absolute atomic E-state index is 0.0872. The number of benzene rings is 1. The van der Waals surface area contributed by atoms with Gasteiger partial charge in [0.15, 0.2) is 0 Å². The topological polar surface area (TPSA) is 43.9 Å². The van der Waals surface area contributed by atoms with Crippen molar-refractivity contribution in [2.45, 2.75) is 64.5 Å². The van der Waals surface area contributed by atoms with Gasteiger partial charge < -0.3 is 9.80 Å². The van der Waals surface area contributed by atoms with Gasteiger partial charge in [0.25, 0.3) is 0 Å². The maximum atomic E-state index is 13.5. The molecule has 0 spiro atoms. The molecule has 2 aliphatic heterocycles. The summed E-state index contributed by atoms with van der Waals surface area (Å²) >= 11 is 1.83. The number of piperazine rings is 1. The summed E-state index contributed by atoms with van der Waals surface area (Å²) < 4.78 is 0. The van der Waals surface area contributed by atoms with Gasteiger partial charge >= 0.3 is 0 Å². The number of fused-ring (bicyclic) bond motifs is 1. The second kappa shape index (κ2) is 10.2. The molecule has 1 aromatic heterocycles. The molecule has 5 nitrogen and oxygen atoms in total. The summed E-state index contributed by atoms with van der Waals surface area (Å²) in [6, 6.07) is 11.0. The Hall–Kier alpha value is -2.18. The highest BCUT2D eigenvalue weighted by atomic mass is 32.1. The molecule has 2 fully saturated rings. The quantitative estimate of drug-likeness (QED) is 0.642. The highest BCUT2D eigenvalue weighted by Gasteiger charge is 2.36. The summed E-state index contributed by atoms with van der Waals surface area (Å²) in [7, 11) is 0. The molecule has 0 bridgehead atoms. The van der Waals surface area contributed by atoms with E-state index in [9.17, 15) is 9.59 Å². The molecule has 1 aromatic carbocycles. The van der Waals surface area contributed by atoms with Gasteiger partial charge in [-0.2, -0.15) is 0 Å². The Morgan fingerprint density at radius 2 is 1.79 bits per heavy atom. The lowest BCUT2D eigenvalue weighted by Gasteiger charge is -2.43. The van der Waals surface area contributed by atoms with Crippen LogP contribution in [-0.4, -0.2) is 65.3 Å². The molecule has 3 heterocycles. The number of aryl methyl sites for hydroxylation is 1. The number of hydrogen-bond acceptors (Lipinski definition) is 4. The van der Waals surface area contributed by atoms with Crippen molar-refractivity contribution >= 4 is 23.2 Å². The lowest BCUT2D eigenvalue weighted by atomic mass is 9.87. The third kappa shape index (κ3) is 4.67. The van der Waals surface area contributed by atoms with Crippen LogP contribution in [0, 0.1) is 12.8 Å². The molecule has 0 N–H and O–H groups in total. The third-order valence-corrected chi connectivity index (χ3v) is 9.10. The molecule has 0 unspecified atom stereocenters. The number of thiophene rings is 1. The Balaban J connectivity index is 1.27. The van der Waals surface area contributed by atoms with Crippen molar-refractivity contribution < 1.29 is 9.59 Å². The van der Waals surface area contributed by atoms with Crippen molar-refractivity contribution in [2.24, 2.45) is 5.92 Å². The van der Waals surface area contributed by atoms with Crippen molar-refractivity contribution in [1.29, 1.82) is 0 Å². The molecule has 5 rings (SSSR count). The van der Waals surface area contributed by atoms with E-state index in [1.54, 1.807) is 0 Å². The summed E-state index contributed by atoms with van der Waals surface area (Å²) in [5.74, 6) is 0.704. The minimum Gasteiger partial charge on any atom is -0.338 e. The summed E-state index contributed by atoms with van der Waals surface area (Å²) in [5.41, 5.74) is 3.92. The first-order valence-corrected chi connectivity index (χ1v) is 13.8. The summed E-state index contributed by atoms with van der Waals surface area (Å²) in [4.78, 5) is 34.4. The molecule has 0 radical (unpaired) electrons. The van der Waals surface area contributed by atoms with Gasteiger partial charge in [-0.1, -0.05) is 43.5 Å². The maximum Gasteiger partial charge on any atom is 0.236 e. The lowest BCUT2D eigenvalue weighted by Crippen LogP contribution is -2.58. The largest absolute Gasteiger partial charge is 0.338 e. The number of nitrogens with zero attached hydrogens (tertiary/aromatic N) is 3. The zero-order valence-corrected chi connectivity index (χ0v) is 21.4. The van der Waals surface area contributed by atoms with E-state index < -0.39 is 0 Å². The smallest absolute Gasteiger partial charge is 0.236 e. The normalized spacial score (nSPS) is 24.2. The fourth-order valence-electron chi connectivity index (χ4n) is 6.17. The fraction of sp³-hybridized carbons (Fsp3) is 0.571. The highest BCUT2D eigenvalue weighted by Crippen LogP contribution is 2.38. The Morgan fingerprint density at radius 3 is 2.56 bits per heavy atom. The third-order valence-electron chi connectivity index (χ3n) is 8.10. The fourth-order valence-corrected chi connectivity index (χ4v) is 7.07. The predicted octanol–water partition coefficient (Wildman–Crippen LogP) is 4.64. The van der Waals surface area contributed by atoms with E-state index in [0.29, 0.717) is 32.1 Å². The Kier molecular flexibility index (Phi) is 7.07. The van der Waals surface area contributed by atoms with E-state index in [0.717, 1.165) is 25.8 Å². The van der Waals surface area contributed by atoms with E-state index >= 15 is 0 Å². The van der Waals surface area contributed by atoms with Crippen molar-refractivity contribution in [3.63, 3.8) is 0 Å². The lowest BCUT2D eigenvalue weighted by molar-refractivity contribution is -0.146. The zero-order valence-electron chi connectivity index (χ0n) is 20.5. The van der Waals surface area contributed by atoms with E-state index in [1.165, 1.54) is 40.8 Å². The first-order chi connectivity index (χ1) is 16.5. The number of hydrogen-bond donors (Lipinski definition) is 0. The molecule has 182 valence electrons. The molecule has 6 heteroatoms. The van der Waals surface area contributed by atoms with E-state index in [1.807, 2.05) is 16.2 Å². The summed E-state index contributed by atoms with van der Waals surface area (Å²) in [5, 5.41) is 2.19. The molecular weight excluding hydrogens is 442 g/mol. The second-order valence-electron chi connectivity index (χ2n) is 10.3. The van der Waals surface area contributed by atoms with Crippen LogP contribution in [0.25, 0.3) is 0 Å². The second-order valence-corrected chi connectivity index (χ2v) is 11.3. The first kappa shape index (κ1) is 23.6. The van der Waals surface area contributed by atoms with Crippen LogP contribution in [0.5, 0.6) is 0 Å². The number of rotatable bonds is 4. The van der Waals surface area contributed by atoms with Crippen molar-refractivity contribution in [2.75, 3.05) is 32.7 Å². The molecular formula is C28H37N3O2S. The van der Waals surface area contributed by atoms with E-state index in [-0.39, 0.29) is 23.9 Å². The van der Waals surface area contributed by atoms with Crippen LogP contribution in [0.2, 0.25) is 0 Å². The summed E-state index contributed by atoms with van der Waals surface area (Å²) in [6.45, 7) is 7.55. The SMILES string of the molecule is Cc1ccccc1[C@@H]1c2ccsc2CCN1CC(=O)N1CCN(C(=O)C2CCCCC2)[C@H](C)C1. The predicted molar refractivity (Wildman–Crippen MR) is 137 cm³/mol. The van der Waals surface area contributed by atoms with Gasteiger partial charge in [0, 0.05) is 43.0 Å². The Bertz CT molecular complexity index is 1030. The molecule has 1 saturated carbocycles. The van der Waals surface area contributed by atoms with Gasteiger partial charge in [-0.15, -0.1) is 11.3 Å². The van der Waals surface area contributed by atoms with Gasteiger partial charge in [-0.25, -0.2) is 0 Å². The van der Waals surface area contributed by atoms with E-state index in [4.69, 9.17) is 0 Å². The van der Waals surface area contributed by atoms with Crippen LogP contribution in [0.15, 0.2) is 35.7 Å². The molecule has 2 atom stereocenters. The van der Waals surface area contributed by atoms with Gasteiger partial charge in [-0.05, 0) is 61.2 Å². The van der Waals surface area contributed by atoms with Crippen molar-refractivity contribution in [3.8, 4) is 0 Å². The van der Waals surface area contributed by atoms with Crippen LogP contribution >= 0.6 is 11.3 Å². The summed E-state index contributed by atoms with van der Waals surface area (Å²) in [6.07, 6.45) is 6.67. The molecule has 2 amide bonds. The highest BCUT2D eigenvalue weighted by molar-refractivity contribution is 7.10. The first-order valence-electron chi connectivity index (χ1n) is 13.0. The maximum absolute atomic E-state index is 13.5. The molecule has 1 aliphatic carbocycles. The Morgan fingerprint density at radius 1 is 1.00 bits per heavy atom. The number of amides is 2.